The normalized spacial score (nSPS) is 15.6. The summed E-state index contributed by atoms with van der Waals surface area (Å²) in [4.78, 5) is 13.7. The molecule has 1 fully saturated rings. The van der Waals surface area contributed by atoms with Crippen molar-refractivity contribution in [2.45, 2.75) is 33.2 Å². The number of aromatic nitrogens is 2. The minimum Gasteiger partial charge on any atom is -0.383 e. The Bertz CT molecular complexity index is 615. The second kappa shape index (κ2) is 4.72. The monoisotopic (exact) mass is 276 g/mol. The summed E-state index contributed by atoms with van der Waals surface area (Å²) in [5.74, 6) is 2.35. The fourth-order valence-corrected chi connectivity index (χ4v) is 3.50. The van der Waals surface area contributed by atoms with Gasteiger partial charge in [-0.3, -0.25) is 4.90 Å². The van der Waals surface area contributed by atoms with Crippen molar-refractivity contribution < 1.29 is 0 Å². The molecule has 0 amide bonds. The number of aryl methyl sites for hydroxylation is 2. The Morgan fingerprint density at radius 2 is 2.05 bits per heavy atom. The molecular weight excluding hydrogens is 256 g/mol. The van der Waals surface area contributed by atoms with Crippen LogP contribution in [0.25, 0.3) is 10.2 Å². The Morgan fingerprint density at radius 3 is 2.74 bits per heavy atom. The van der Waals surface area contributed by atoms with Crippen molar-refractivity contribution >= 4 is 27.4 Å². The molecule has 0 spiro atoms. The van der Waals surface area contributed by atoms with Crippen molar-refractivity contribution in [1.29, 1.82) is 0 Å². The highest BCUT2D eigenvalue weighted by atomic mass is 32.1. The minimum absolute atomic E-state index is 0.627. The number of nitrogens with two attached hydrogens (primary N) is 1. The molecule has 4 nitrogen and oxygen atoms in total. The van der Waals surface area contributed by atoms with Gasteiger partial charge in [0.05, 0.1) is 11.9 Å². The van der Waals surface area contributed by atoms with Crippen LogP contribution in [0.2, 0.25) is 0 Å². The van der Waals surface area contributed by atoms with Crippen LogP contribution in [0, 0.1) is 19.8 Å². The summed E-state index contributed by atoms with van der Waals surface area (Å²) >= 11 is 1.71. The third-order valence-electron chi connectivity index (χ3n) is 3.78. The maximum Gasteiger partial charge on any atom is 0.146 e. The molecule has 0 aromatic carbocycles. The molecule has 19 heavy (non-hydrogen) atoms. The first kappa shape index (κ1) is 12.8. The third-order valence-corrected chi connectivity index (χ3v) is 4.88. The van der Waals surface area contributed by atoms with Crippen molar-refractivity contribution in [3.8, 4) is 0 Å². The largest absolute Gasteiger partial charge is 0.383 e. The van der Waals surface area contributed by atoms with Crippen LogP contribution in [-0.4, -0.2) is 28.5 Å². The first-order chi connectivity index (χ1) is 9.04. The van der Waals surface area contributed by atoms with Gasteiger partial charge in [-0.05, 0) is 45.2 Å². The average molecular weight is 276 g/mol. The van der Waals surface area contributed by atoms with Gasteiger partial charge in [-0.15, -0.1) is 11.3 Å². The lowest BCUT2D eigenvalue weighted by Gasteiger charge is -2.15. The summed E-state index contributed by atoms with van der Waals surface area (Å²) in [6.07, 6.45) is 2.74. The van der Waals surface area contributed by atoms with Gasteiger partial charge in [0, 0.05) is 11.4 Å². The van der Waals surface area contributed by atoms with Gasteiger partial charge < -0.3 is 5.73 Å². The lowest BCUT2D eigenvalue weighted by Crippen LogP contribution is -2.22. The highest BCUT2D eigenvalue weighted by Crippen LogP contribution is 2.32. The number of nitrogen functional groups attached to an aromatic ring is 1. The molecule has 2 N–H and O–H groups in total. The van der Waals surface area contributed by atoms with E-state index in [4.69, 9.17) is 5.73 Å². The molecule has 0 radical (unpaired) electrons. The average Bonchev–Trinajstić information content (AvgIpc) is 3.06. The van der Waals surface area contributed by atoms with E-state index in [0.717, 1.165) is 35.0 Å². The molecular formula is C14H20N4S. The van der Waals surface area contributed by atoms with Crippen LogP contribution in [-0.2, 0) is 6.54 Å². The zero-order valence-electron chi connectivity index (χ0n) is 11.7. The molecule has 0 aliphatic heterocycles. The first-order valence-corrected chi connectivity index (χ1v) is 7.57. The zero-order chi connectivity index (χ0) is 13.6. The van der Waals surface area contributed by atoms with Gasteiger partial charge in [0.2, 0.25) is 0 Å². The molecule has 1 aliphatic rings. The van der Waals surface area contributed by atoms with Gasteiger partial charge in [-0.2, -0.15) is 0 Å². The van der Waals surface area contributed by atoms with Crippen molar-refractivity contribution in [2.24, 2.45) is 5.92 Å². The summed E-state index contributed by atoms with van der Waals surface area (Å²) in [6, 6.07) is 0. The molecule has 5 heteroatoms. The molecule has 1 saturated carbocycles. The van der Waals surface area contributed by atoms with Crippen molar-refractivity contribution in [1.82, 2.24) is 14.9 Å². The van der Waals surface area contributed by atoms with E-state index in [1.807, 2.05) is 0 Å². The molecule has 102 valence electrons. The molecule has 1 aliphatic carbocycles. The van der Waals surface area contributed by atoms with Gasteiger partial charge in [-0.1, -0.05) is 0 Å². The number of hydrogen-bond acceptors (Lipinski definition) is 5. The Kier molecular flexibility index (Phi) is 3.19. The quantitative estimate of drug-likeness (QED) is 0.933. The summed E-state index contributed by atoms with van der Waals surface area (Å²) in [5.41, 5.74) is 7.32. The lowest BCUT2D eigenvalue weighted by atomic mass is 10.2. The number of nitrogens with zero attached hydrogens (tertiary/aromatic N) is 3. The summed E-state index contributed by atoms with van der Waals surface area (Å²) in [5, 5.41) is 1.04. The maximum absolute atomic E-state index is 6.10. The molecule has 2 aromatic heterocycles. The third kappa shape index (κ3) is 2.58. The second-order valence-corrected chi connectivity index (χ2v) is 6.83. The summed E-state index contributed by atoms with van der Waals surface area (Å²) in [6.45, 7) is 6.13. The van der Waals surface area contributed by atoms with Crippen LogP contribution >= 0.6 is 11.3 Å². The molecule has 2 aromatic rings. The van der Waals surface area contributed by atoms with E-state index >= 15 is 0 Å². The predicted octanol–water partition coefficient (Wildman–Crippen LogP) is 2.73. The standard InChI is InChI=1S/C14H20N4S/c1-8-9(2)19-14-12(8)13(15)16-11(17-14)7-18(3)6-10-4-5-10/h10H,4-7H2,1-3H3,(H2,15,16,17). The second-order valence-electron chi connectivity index (χ2n) is 5.63. The fraction of sp³-hybridized carbons (Fsp3) is 0.571. The number of anilines is 1. The Labute approximate surface area is 117 Å². The molecule has 3 rings (SSSR count). The predicted molar refractivity (Wildman–Crippen MR) is 80.4 cm³/mol. The van der Waals surface area contributed by atoms with Crippen LogP contribution in [0.5, 0.6) is 0 Å². The van der Waals surface area contributed by atoms with Crippen LogP contribution in [0.3, 0.4) is 0 Å². The van der Waals surface area contributed by atoms with E-state index in [0.29, 0.717) is 5.82 Å². The summed E-state index contributed by atoms with van der Waals surface area (Å²) < 4.78 is 0. The molecule has 0 unspecified atom stereocenters. The Balaban J connectivity index is 1.87. The van der Waals surface area contributed by atoms with Crippen molar-refractivity contribution in [3.05, 3.63) is 16.3 Å². The number of fused-ring (bicyclic) bond motifs is 1. The van der Waals surface area contributed by atoms with Crippen molar-refractivity contribution in [2.75, 3.05) is 19.3 Å². The van der Waals surface area contributed by atoms with E-state index < -0.39 is 0 Å². The molecule has 2 heterocycles. The highest BCUT2D eigenvalue weighted by Gasteiger charge is 2.23. The lowest BCUT2D eigenvalue weighted by molar-refractivity contribution is 0.306. The van der Waals surface area contributed by atoms with Crippen LogP contribution in [0.1, 0.15) is 29.1 Å². The van der Waals surface area contributed by atoms with E-state index in [1.54, 1.807) is 11.3 Å². The minimum atomic E-state index is 0.627. The zero-order valence-corrected chi connectivity index (χ0v) is 12.5. The molecule has 0 saturated heterocycles. The van der Waals surface area contributed by atoms with Crippen molar-refractivity contribution in [3.63, 3.8) is 0 Å². The van der Waals surface area contributed by atoms with Crippen LogP contribution in [0.15, 0.2) is 0 Å². The van der Waals surface area contributed by atoms with Gasteiger partial charge in [0.1, 0.15) is 16.5 Å². The maximum atomic E-state index is 6.10. The van der Waals surface area contributed by atoms with Gasteiger partial charge in [0.15, 0.2) is 0 Å². The number of hydrogen-bond donors (Lipinski definition) is 1. The van der Waals surface area contributed by atoms with E-state index in [2.05, 4.69) is 35.8 Å². The molecule has 0 bridgehead atoms. The first-order valence-electron chi connectivity index (χ1n) is 6.75. The highest BCUT2D eigenvalue weighted by molar-refractivity contribution is 7.18. The Hall–Kier alpha value is -1.20. The van der Waals surface area contributed by atoms with E-state index in [9.17, 15) is 0 Å². The van der Waals surface area contributed by atoms with Crippen LogP contribution in [0.4, 0.5) is 5.82 Å². The SMILES string of the molecule is Cc1sc2nc(CN(C)CC3CC3)nc(N)c2c1C. The smallest absolute Gasteiger partial charge is 0.146 e. The summed E-state index contributed by atoms with van der Waals surface area (Å²) in [7, 11) is 2.13. The topological polar surface area (TPSA) is 55.0 Å². The molecule has 0 atom stereocenters. The number of rotatable bonds is 4. The fourth-order valence-electron chi connectivity index (χ4n) is 2.44. The van der Waals surface area contributed by atoms with Gasteiger partial charge >= 0.3 is 0 Å². The van der Waals surface area contributed by atoms with E-state index in [1.165, 1.54) is 23.3 Å². The van der Waals surface area contributed by atoms with Gasteiger partial charge in [-0.25, -0.2) is 9.97 Å². The van der Waals surface area contributed by atoms with E-state index in [-0.39, 0.29) is 0 Å². The number of thiophene rings is 1. The van der Waals surface area contributed by atoms with Gasteiger partial charge in [0.25, 0.3) is 0 Å². The van der Waals surface area contributed by atoms with Crippen LogP contribution < -0.4 is 5.73 Å². The Morgan fingerprint density at radius 1 is 1.32 bits per heavy atom.